The van der Waals surface area contributed by atoms with E-state index in [1.165, 1.54) is 12.1 Å². The average molecular weight is 280 g/mol. The summed E-state index contributed by atoms with van der Waals surface area (Å²) in [5.41, 5.74) is 0.332. The fourth-order valence-corrected chi connectivity index (χ4v) is 1.78. The number of amides is 2. The molecule has 1 aromatic rings. The number of phenolic OH excluding ortho intramolecular Hbond substituents is 1. The molecule has 112 valence electrons. The summed E-state index contributed by atoms with van der Waals surface area (Å²) in [6.07, 6.45) is 0.834. The van der Waals surface area contributed by atoms with Crippen LogP contribution in [0.5, 0.6) is 5.75 Å². The number of carbonyl (C=O) groups excluding carboxylic acids is 1. The Morgan fingerprint density at radius 2 is 2.00 bits per heavy atom. The van der Waals surface area contributed by atoms with Gasteiger partial charge in [-0.2, -0.15) is 0 Å². The molecule has 0 spiro atoms. The first-order valence-electron chi connectivity index (χ1n) is 6.93. The molecule has 1 rings (SSSR count). The van der Waals surface area contributed by atoms with E-state index in [9.17, 15) is 15.0 Å². The van der Waals surface area contributed by atoms with Crippen LogP contribution in [0.4, 0.5) is 4.79 Å². The van der Waals surface area contributed by atoms with E-state index in [1.807, 2.05) is 20.8 Å². The van der Waals surface area contributed by atoms with Crippen LogP contribution in [0.3, 0.4) is 0 Å². The van der Waals surface area contributed by atoms with Crippen LogP contribution in [-0.2, 0) is 0 Å². The summed E-state index contributed by atoms with van der Waals surface area (Å²) in [4.78, 5) is 11.8. The van der Waals surface area contributed by atoms with Crippen LogP contribution in [-0.4, -0.2) is 28.3 Å². The van der Waals surface area contributed by atoms with Gasteiger partial charge in [-0.1, -0.05) is 26.0 Å². The SMILES string of the molecule is CCC(C)(CC)NC(=O)NC[C@@H](O)c1cccc(O)c1. The Morgan fingerprint density at radius 1 is 1.35 bits per heavy atom. The third kappa shape index (κ3) is 4.74. The van der Waals surface area contributed by atoms with Gasteiger partial charge in [0.1, 0.15) is 5.75 Å². The molecule has 4 N–H and O–H groups in total. The summed E-state index contributed by atoms with van der Waals surface area (Å²) >= 11 is 0. The molecule has 5 heteroatoms. The summed E-state index contributed by atoms with van der Waals surface area (Å²) in [7, 11) is 0. The summed E-state index contributed by atoms with van der Waals surface area (Å²) in [5, 5.41) is 24.8. The van der Waals surface area contributed by atoms with E-state index in [2.05, 4.69) is 10.6 Å². The molecule has 0 aliphatic heterocycles. The highest BCUT2D eigenvalue weighted by Gasteiger charge is 2.22. The van der Waals surface area contributed by atoms with E-state index in [0.29, 0.717) is 5.56 Å². The van der Waals surface area contributed by atoms with Crippen LogP contribution in [0.25, 0.3) is 0 Å². The minimum absolute atomic E-state index is 0.0931. The van der Waals surface area contributed by atoms with Crippen LogP contribution >= 0.6 is 0 Å². The first-order chi connectivity index (χ1) is 9.40. The van der Waals surface area contributed by atoms with Gasteiger partial charge in [-0.3, -0.25) is 0 Å². The molecule has 0 saturated carbocycles. The van der Waals surface area contributed by atoms with Crippen molar-refractivity contribution in [2.45, 2.75) is 45.3 Å². The Balaban J connectivity index is 2.49. The van der Waals surface area contributed by atoms with Gasteiger partial charge in [-0.15, -0.1) is 0 Å². The standard InChI is InChI=1S/C15H24N2O3/c1-4-15(3,5-2)17-14(20)16-10-13(19)11-7-6-8-12(18)9-11/h6-9,13,18-19H,4-5,10H2,1-3H3,(H2,16,17,20)/t13-/m1/s1. The highest BCUT2D eigenvalue weighted by atomic mass is 16.3. The molecular formula is C15H24N2O3. The smallest absolute Gasteiger partial charge is 0.315 e. The van der Waals surface area contributed by atoms with Crippen LogP contribution < -0.4 is 10.6 Å². The lowest BCUT2D eigenvalue weighted by Gasteiger charge is -2.28. The maximum absolute atomic E-state index is 11.8. The number of nitrogens with one attached hydrogen (secondary N) is 2. The summed E-state index contributed by atoms with van der Waals surface area (Å²) < 4.78 is 0. The molecule has 0 aliphatic rings. The maximum atomic E-state index is 11.8. The van der Waals surface area contributed by atoms with Crippen molar-refractivity contribution in [2.75, 3.05) is 6.54 Å². The van der Waals surface area contributed by atoms with Gasteiger partial charge >= 0.3 is 6.03 Å². The normalized spacial score (nSPS) is 12.8. The van der Waals surface area contributed by atoms with Gasteiger partial charge < -0.3 is 20.8 Å². The fourth-order valence-electron chi connectivity index (χ4n) is 1.78. The van der Waals surface area contributed by atoms with Gasteiger partial charge in [0.15, 0.2) is 0 Å². The lowest BCUT2D eigenvalue weighted by atomic mass is 9.96. The molecule has 2 amide bonds. The molecule has 0 radical (unpaired) electrons. The third-order valence-corrected chi connectivity index (χ3v) is 3.69. The second-order valence-corrected chi connectivity index (χ2v) is 5.21. The molecule has 0 saturated heterocycles. The number of rotatable bonds is 6. The average Bonchev–Trinajstić information content (AvgIpc) is 2.44. The fraction of sp³-hybridized carbons (Fsp3) is 0.533. The van der Waals surface area contributed by atoms with Crippen LogP contribution in [0.15, 0.2) is 24.3 Å². The van der Waals surface area contributed by atoms with Crippen molar-refractivity contribution >= 4 is 6.03 Å². The zero-order valence-corrected chi connectivity index (χ0v) is 12.3. The quantitative estimate of drug-likeness (QED) is 0.645. The zero-order valence-electron chi connectivity index (χ0n) is 12.3. The molecule has 0 heterocycles. The lowest BCUT2D eigenvalue weighted by Crippen LogP contribution is -2.50. The number of urea groups is 1. The molecule has 0 aliphatic carbocycles. The van der Waals surface area contributed by atoms with Crippen molar-refractivity contribution in [1.82, 2.24) is 10.6 Å². The summed E-state index contributed by atoms with van der Waals surface area (Å²) in [5.74, 6) is 0.0931. The van der Waals surface area contributed by atoms with Crippen molar-refractivity contribution < 1.29 is 15.0 Å². The number of hydrogen-bond acceptors (Lipinski definition) is 3. The lowest BCUT2D eigenvalue weighted by molar-refractivity contribution is 0.170. The molecule has 0 fully saturated rings. The van der Waals surface area contributed by atoms with Crippen molar-refractivity contribution in [1.29, 1.82) is 0 Å². The van der Waals surface area contributed by atoms with E-state index in [-0.39, 0.29) is 23.9 Å². The van der Waals surface area contributed by atoms with Crippen LogP contribution in [0.1, 0.15) is 45.3 Å². The third-order valence-electron chi connectivity index (χ3n) is 3.69. The Labute approximate surface area is 120 Å². The Morgan fingerprint density at radius 3 is 2.55 bits per heavy atom. The molecule has 0 unspecified atom stereocenters. The molecule has 0 bridgehead atoms. The van der Waals surface area contributed by atoms with Crippen molar-refractivity contribution in [2.24, 2.45) is 0 Å². The Hall–Kier alpha value is -1.75. The van der Waals surface area contributed by atoms with Gasteiger partial charge in [0.2, 0.25) is 0 Å². The minimum Gasteiger partial charge on any atom is -0.508 e. The molecular weight excluding hydrogens is 256 g/mol. The number of phenols is 1. The number of aromatic hydroxyl groups is 1. The number of hydrogen-bond donors (Lipinski definition) is 4. The zero-order chi connectivity index (χ0) is 15.2. The first kappa shape index (κ1) is 16.3. The van der Waals surface area contributed by atoms with E-state index in [1.54, 1.807) is 12.1 Å². The molecule has 1 atom stereocenters. The molecule has 0 aromatic heterocycles. The van der Waals surface area contributed by atoms with Crippen LogP contribution in [0, 0.1) is 0 Å². The van der Waals surface area contributed by atoms with Gasteiger partial charge in [-0.25, -0.2) is 4.79 Å². The number of aliphatic hydroxyl groups excluding tert-OH is 1. The monoisotopic (exact) mass is 280 g/mol. The second kappa shape index (κ2) is 7.14. The number of carbonyl (C=O) groups is 1. The second-order valence-electron chi connectivity index (χ2n) is 5.21. The minimum atomic E-state index is -0.845. The number of aliphatic hydroxyl groups is 1. The van der Waals surface area contributed by atoms with Gasteiger partial charge in [0, 0.05) is 12.1 Å². The predicted octanol–water partition coefficient (Wildman–Crippen LogP) is 2.30. The van der Waals surface area contributed by atoms with E-state index in [0.717, 1.165) is 12.8 Å². The van der Waals surface area contributed by atoms with E-state index < -0.39 is 6.10 Å². The first-order valence-corrected chi connectivity index (χ1v) is 6.93. The predicted molar refractivity (Wildman–Crippen MR) is 78.6 cm³/mol. The van der Waals surface area contributed by atoms with Gasteiger partial charge in [0.25, 0.3) is 0 Å². The van der Waals surface area contributed by atoms with E-state index >= 15 is 0 Å². The van der Waals surface area contributed by atoms with E-state index in [4.69, 9.17) is 0 Å². The Bertz CT molecular complexity index is 444. The van der Waals surface area contributed by atoms with Crippen molar-refractivity contribution in [3.05, 3.63) is 29.8 Å². The highest BCUT2D eigenvalue weighted by Crippen LogP contribution is 2.17. The number of benzene rings is 1. The van der Waals surface area contributed by atoms with Crippen molar-refractivity contribution in [3.8, 4) is 5.75 Å². The largest absolute Gasteiger partial charge is 0.508 e. The topological polar surface area (TPSA) is 81.6 Å². The van der Waals surface area contributed by atoms with Gasteiger partial charge in [0.05, 0.1) is 6.10 Å². The van der Waals surface area contributed by atoms with Crippen LogP contribution in [0.2, 0.25) is 0 Å². The molecule has 20 heavy (non-hydrogen) atoms. The summed E-state index contributed by atoms with van der Waals surface area (Å²) in [6.45, 7) is 6.12. The molecule has 5 nitrogen and oxygen atoms in total. The highest BCUT2D eigenvalue weighted by molar-refractivity contribution is 5.74. The maximum Gasteiger partial charge on any atom is 0.315 e. The Kier molecular flexibility index (Phi) is 5.82. The van der Waals surface area contributed by atoms with Crippen molar-refractivity contribution in [3.63, 3.8) is 0 Å². The molecule has 1 aromatic carbocycles. The summed E-state index contributed by atoms with van der Waals surface area (Å²) in [6, 6.07) is 6.07. The van der Waals surface area contributed by atoms with Gasteiger partial charge in [-0.05, 0) is 37.5 Å².